The fourth-order valence-electron chi connectivity index (χ4n) is 4.04. The number of thiophene rings is 1. The number of fused-ring (bicyclic) bond motifs is 1. The van der Waals surface area contributed by atoms with Gasteiger partial charge >= 0.3 is 0 Å². The van der Waals surface area contributed by atoms with Crippen molar-refractivity contribution >= 4 is 49.7 Å². The van der Waals surface area contributed by atoms with Crippen LogP contribution in [0.1, 0.15) is 40.2 Å². The summed E-state index contributed by atoms with van der Waals surface area (Å²) < 4.78 is 33.2. The molecule has 0 saturated heterocycles. The predicted octanol–water partition coefficient (Wildman–Crippen LogP) is 4.85. The zero-order chi connectivity index (χ0) is 26.7. The summed E-state index contributed by atoms with van der Waals surface area (Å²) in [5.74, 6) is -0.185. The number of hydrogen-bond acceptors (Lipinski definition) is 7. The second-order valence-electron chi connectivity index (χ2n) is 9.11. The van der Waals surface area contributed by atoms with Crippen LogP contribution in [-0.2, 0) is 15.6 Å². The van der Waals surface area contributed by atoms with Crippen molar-refractivity contribution in [3.05, 3.63) is 75.9 Å². The molecule has 2 aromatic carbocycles. The van der Waals surface area contributed by atoms with Gasteiger partial charge < -0.3 is 15.4 Å². The maximum atomic E-state index is 12.7. The summed E-state index contributed by atoms with van der Waals surface area (Å²) in [6.07, 6.45) is 1.80. The summed E-state index contributed by atoms with van der Waals surface area (Å²) in [5.41, 5.74) is 8.55. The lowest BCUT2D eigenvalue weighted by atomic mass is 10.1. The third-order valence-electron chi connectivity index (χ3n) is 5.85. The molecular formula is C26H29ClN4O4S2. The van der Waals surface area contributed by atoms with Crippen molar-refractivity contribution in [3.63, 3.8) is 0 Å². The monoisotopic (exact) mass is 560 g/mol. The van der Waals surface area contributed by atoms with Crippen LogP contribution in [0.15, 0.2) is 54.9 Å². The number of hydrogen-bond donors (Lipinski definition) is 1. The van der Waals surface area contributed by atoms with Crippen molar-refractivity contribution in [2.75, 3.05) is 26.4 Å². The van der Waals surface area contributed by atoms with Crippen LogP contribution < -0.4 is 10.5 Å². The molecule has 0 aliphatic carbocycles. The zero-order valence-electron chi connectivity index (χ0n) is 20.8. The van der Waals surface area contributed by atoms with Crippen molar-refractivity contribution in [3.8, 4) is 10.8 Å². The lowest BCUT2D eigenvalue weighted by Gasteiger charge is -2.16. The molecule has 0 fully saturated rings. The van der Waals surface area contributed by atoms with Crippen molar-refractivity contribution in [2.45, 2.75) is 25.2 Å². The molecule has 8 nitrogen and oxygen atoms in total. The summed E-state index contributed by atoms with van der Waals surface area (Å²) in [5, 5.41) is 1.24. The number of carbonyl (C=O) groups is 1. The number of amides is 1. The van der Waals surface area contributed by atoms with E-state index in [1.54, 1.807) is 30.6 Å². The SMILES string of the molecule is C[C@@H](Oc1cc(-n2cnc3ccc(CS(=O)(=O)CCCN(C)C)cc32)sc1C(N)=O)c1ccccc1Cl. The van der Waals surface area contributed by atoms with Crippen LogP contribution in [0.4, 0.5) is 0 Å². The highest BCUT2D eigenvalue weighted by molar-refractivity contribution is 7.90. The Labute approximate surface area is 225 Å². The maximum Gasteiger partial charge on any atom is 0.262 e. The number of nitrogens with two attached hydrogens (primary N) is 1. The summed E-state index contributed by atoms with van der Waals surface area (Å²) in [4.78, 5) is 18.9. The Morgan fingerprint density at radius 1 is 1.22 bits per heavy atom. The largest absolute Gasteiger partial charge is 0.484 e. The molecule has 1 atom stereocenters. The van der Waals surface area contributed by atoms with Crippen LogP contribution in [0.2, 0.25) is 5.02 Å². The molecule has 11 heteroatoms. The van der Waals surface area contributed by atoms with Crippen LogP contribution in [-0.4, -0.2) is 55.2 Å². The molecule has 0 aliphatic rings. The van der Waals surface area contributed by atoms with E-state index in [0.29, 0.717) is 39.8 Å². The number of imidazole rings is 1. The summed E-state index contributed by atoms with van der Waals surface area (Å²) in [6.45, 7) is 2.56. The molecule has 0 spiro atoms. The van der Waals surface area contributed by atoms with E-state index in [1.807, 2.05) is 54.8 Å². The third-order valence-corrected chi connectivity index (χ3v) is 9.01. The van der Waals surface area contributed by atoms with Gasteiger partial charge in [0.15, 0.2) is 9.84 Å². The smallest absolute Gasteiger partial charge is 0.262 e. The molecule has 0 saturated carbocycles. The third kappa shape index (κ3) is 6.51. The Bertz CT molecular complexity index is 1530. The Balaban J connectivity index is 1.63. The molecule has 1 amide bonds. The van der Waals surface area contributed by atoms with Crippen LogP contribution in [0.25, 0.3) is 16.0 Å². The summed E-state index contributed by atoms with van der Waals surface area (Å²) in [6, 6.07) is 14.5. The van der Waals surface area contributed by atoms with Crippen LogP contribution >= 0.6 is 22.9 Å². The first-order valence-electron chi connectivity index (χ1n) is 11.7. The Kier molecular flexibility index (Phi) is 8.23. The highest BCUT2D eigenvalue weighted by Gasteiger charge is 2.21. The van der Waals surface area contributed by atoms with Gasteiger partial charge in [-0.05, 0) is 57.7 Å². The van der Waals surface area contributed by atoms with Gasteiger partial charge in [0.05, 0.1) is 22.5 Å². The fourth-order valence-corrected chi connectivity index (χ4v) is 6.66. The topological polar surface area (TPSA) is 108 Å². The second-order valence-corrected chi connectivity index (χ2v) is 12.7. The molecule has 37 heavy (non-hydrogen) atoms. The van der Waals surface area contributed by atoms with Crippen molar-refractivity contribution in [1.82, 2.24) is 14.5 Å². The van der Waals surface area contributed by atoms with Gasteiger partial charge in [0.1, 0.15) is 28.1 Å². The van der Waals surface area contributed by atoms with Crippen molar-refractivity contribution in [1.29, 1.82) is 0 Å². The molecule has 2 aromatic heterocycles. The van der Waals surface area contributed by atoms with Gasteiger partial charge in [0.25, 0.3) is 5.91 Å². The van der Waals surface area contributed by atoms with Gasteiger partial charge in [0.2, 0.25) is 0 Å². The number of benzene rings is 2. The van der Waals surface area contributed by atoms with E-state index in [2.05, 4.69) is 4.98 Å². The van der Waals surface area contributed by atoms with Gasteiger partial charge in [-0.15, -0.1) is 11.3 Å². The first-order chi connectivity index (χ1) is 17.5. The van der Waals surface area contributed by atoms with Crippen LogP contribution in [0.5, 0.6) is 5.75 Å². The Morgan fingerprint density at radius 3 is 2.68 bits per heavy atom. The number of sulfone groups is 1. The normalized spacial score (nSPS) is 12.8. The molecule has 4 rings (SSSR count). The minimum absolute atomic E-state index is 0.0533. The molecule has 0 bridgehead atoms. The highest BCUT2D eigenvalue weighted by Crippen LogP contribution is 2.37. The van der Waals surface area contributed by atoms with E-state index in [-0.39, 0.29) is 16.4 Å². The number of aromatic nitrogens is 2. The molecule has 2 N–H and O–H groups in total. The molecule has 0 radical (unpaired) electrons. The minimum Gasteiger partial charge on any atom is -0.484 e. The highest BCUT2D eigenvalue weighted by atomic mass is 35.5. The average Bonchev–Trinajstić information content (AvgIpc) is 3.42. The number of rotatable bonds is 11. The molecule has 4 aromatic rings. The predicted molar refractivity (Wildman–Crippen MR) is 149 cm³/mol. The van der Waals surface area contributed by atoms with Crippen LogP contribution in [0, 0.1) is 0 Å². The van der Waals surface area contributed by atoms with Crippen molar-refractivity contribution in [2.24, 2.45) is 5.73 Å². The first kappa shape index (κ1) is 27.1. The first-order valence-corrected chi connectivity index (χ1v) is 14.7. The van der Waals surface area contributed by atoms with E-state index >= 15 is 0 Å². The lowest BCUT2D eigenvalue weighted by Crippen LogP contribution is -2.18. The van der Waals surface area contributed by atoms with E-state index in [1.165, 1.54) is 11.3 Å². The summed E-state index contributed by atoms with van der Waals surface area (Å²) >= 11 is 7.50. The lowest BCUT2D eigenvalue weighted by molar-refractivity contribution is 0.0998. The molecular weight excluding hydrogens is 532 g/mol. The van der Waals surface area contributed by atoms with Gasteiger partial charge in [-0.1, -0.05) is 35.9 Å². The quantitative estimate of drug-likeness (QED) is 0.281. The molecule has 2 heterocycles. The Morgan fingerprint density at radius 2 is 1.97 bits per heavy atom. The van der Waals surface area contributed by atoms with E-state index in [4.69, 9.17) is 22.1 Å². The van der Waals surface area contributed by atoms with Crippen LogP contribution in [0.3, 0.4) is 0 Å². The molecule has 0 unspecified atom stereocenters. The number of halogens is 1. The van der Waals surface area contributed by atoms with E-state index < -0.39 is 21.8 Å². The van der Waals surface area contributed by atoms with Gasteiger partial charge in [0, 0.05) is 16.7 Å². The molecule has 0 aliphatic heterocycles. The van der Waals surface area contributed by atoms with Gasteiger partial charge in [-0.2, -0.15) is 0 Å². The van der Waals surface area contributed by atoms with Gasteiger partial charge in [-0.3, -0.25) is 9.36 Å². The average molecular weight is 561 g/mol. The maximum absolute atomic E-state index is 12.7. The standard InChI is InChI=1S/C26H29ClN4O4S2/c1-17(19-7-4-5-8-20(19)27)35-23-14-24(36-25(23)26(28)32)31-16-29-21-10-9-18(13-22(21)31)15-37(33,34)12-6-11-30(2)3/h4-5,7-10,13-14,16-17H,6,11-12,15H2,1-3H3,(H2,28,32)/t17-/m1/s1. The molecule has 196 valence electrons. The minimum atomic E-state index is -3.26. The number of nitrogens with zero attached hydrogens (tertiary/aromatic N) is 3. The fraction of sp³-hybridized carbons (Fsp3) is 0.308. The van der Waals surface area contributed by atoms with Gasteiger partial charge in [-0.25, -0.2) is 13.4 Å². The summed E-state index contributed by atoms with van der Waals surface area (Å²) in [7, 11) is 0.579. The number of primary amides is 1. The number of ether oxygens (including phenoxy) is 1. The van der Waals surface area contributed by atoms with Crippen molar-refractivity contribution < 1.29 is 17.9 Å². The number of carbonyl (C=O) groups excluding carboxylic acids is 1. The van der Waals surface area contributed by atoms with E-state index in [9.17, 15) is 13.2 Å². The second kappa shape index (κ2) is 11.2. The van der Waals surface area contributed by atoms with E-state index in [0.717, 1.165) is 11.1 Å². The Hall–Kier alpha value is -2.92. The zero-order valence-corrected chi connectivity index (χ0v) is 23.2.